The molecule has 148 valence electrons. The molecule has 0 heterocycles. The Kier molecular flexibility index (Phi) is 18.7. The van der Waals surface area contributed by atoms with E-state index < -0.39 is 6.04 Å². The summed E-state index contributed by atoms with van der Waals surface area (Å²) in [5.74, 6) is -0.244. The Labute approximate surface area is 155 Å². The fourth-order valence-corrected chi connectivity index (χ4v) is 2.91. The molecule has 4 nitrogen and oxygen atoms in total. The van der Waals surface area contributed by atoms with Gasteiger partial charge in [-0.3, -0.25) is 4.79 Å². The number of ether oxygens (including phenoxy) is 1. The minimum atomic E-state index is -0.548. The summed E-state index contributed by atoms with van der Waals surface area (Å²) >= 11 is 0. The second-order valence-corrected chi connectivity index (χ2v) is 7.16. The fourth-order valence-electron chi connectivity index (χ4n) is 2.91. The van der Waals surface area contributed by atoms with Gasteiger partial charge in [0.05, 0.1) is 12.6 Å². The van der Waals surface area contributed by atoms with Gasteiger partial charge in [0.1, 0.15) is 6.29 Å². The molecular formula is C21H41NO3. The van der Waals surface area contributed by atoms with E-state index in [1.165, 1.54) is 77.0 Å². The quantitative estimate of drug-likeness (QED) is 0.193. The third-order valence-corrected chi connectivity index (χ3v) is 4.62. The number of aldehydes is 1. The molecule has 0 aliphatic heterocycles. The first-order valence-corrected chi connectivity index (χ1v) is 10.6. The predicted octanol–water partition coefficient (Wildman–Crippen LogP) is 5.32. The third kappa shape index (κ3) is 19.3. The summed E-state index contributed by atoms with van der Waals surface area (Å²) < 4.78 is 5.13. The molecular weight excluding hydrogens is 314 g/mol. The first-order chi connectivity index (χ1) is 12.2. The van der Waals surface area contributed by atoms with Gasteiger partial charge < -0.3 is 15.3 Å². The van der Waals surface area contributed by atoms with Crippen LogP contribution < -0.4 is 5.73 Å². The molecule has 0 bridgehead atoms. The van der Waals surface area contributed by atoms with Crippen LogP contribution in [0.4, 0.5) is 0 Å². The van der Waals surface area contributed by atoms with E-state index in [0.717, 1.165) is 12.8 Å². The Morgan fingerprint density at radius 2 is 1.28 bits per heavy atom. The average Bonchev–Trinajstić information content (AvgIpc) is 2.62. The maximum atomic E-state index is 11.4. The molecule has 0 saturated carbocycles. The van der Waals surface area contributed by atoms with Crippen LogP contribution in [0, 0.1) is 0 Å². The standard InChI is InChI=1S/C21H41NO3/c1-2-3-4-5-6-7-8-9-10-11-12-13-14-15-18-25-21(24)17-16-20(22)19-23/h19-20H,2-18,22H2,1H3. The van der Waals surface area contributed by atoms with Crippen LogP contribution in [0.15, 0.2) is 0 Å². The number of nitrogens with two attached hydrogens (primary N) is 1. The molecule has 0 fully saturated rings. The van der Waals surface area contributed by atoms with E-state index in [1.54, 1.807) is 0 Å². The maximum Gasteiger partial charge on any atom is 0.305 e. The van der Waals surface area contributed by atoms with Crippen molar-refractivity contribution in [3.63, 3.8) is 0 Å². The first-order valence-electron chi connectivity index (χ1n) is 10.6. The van der Waals surface area contributed by atoms with Crippen molar-refractivity contribution in [2.45, 2.75) is 116 Å². The topological polar surface area (TPSA) is 69.4 Å². The van der Waals surface area contributed by atoms with E-state index in [1.807, 2.05) is 0 Å². The molecule has 0 radical (unpaired) electrons. The number of esters is 1. The van der Waals surface area contributed by atoms with Crippen molar-refractivity contribution < 1.29 is 14.3 Å². The molecule has 0 aromatic rings. The van der Waals surface area contributed by atoms with Crippen molar-refractivity contribution in [1.82, 2.24) is 0 Å². The Morgan fingerprint density at radius 1 is 0.840 bits per heavy atom. The molecule has 0 aromatic heterocycles. The smallest absolute Gasteiger partial charge is 0.305 e. The van der Waals surface area contributed by atoms with Gasteiger partial charge >= 0.3 is 5.97 Å². The van der Waals surface area contributed by atoms with Gasteiger partial charge in [0.2, 0.25) is 0 Å². The molecule has 0 rings (SSSR count). The molecule has 1 atom stereocenters. The van der Waals surface area contributed by atoms with Crippen LogP contribution in [0.1, 0.15) is 110 Å². The minimum Gasteiger partial charge on any atom is -0.466 e. The number of carbonyl (C=O) groups is 2. The van der Waals surface area contributed by atoms with Crippen LogP contribution >= 0.6 is 0 Å². The maximum absolute atomic E-state index is 11.4. The SMILES string of the molecule is CCCCCCCCCCCCCCCCOC(=O)CCC(N)C=O. The lowest BCUT2D eigenvalue weighted by atomic mass is 10.0. The minimum absolute atomic E-state index is 0.235. The molecule has 0 aliphatic carbocycles. The highest BCUT2D eigenvalue weighted by atomic mass is 16.5. The lowest BCUT2D eigenvalue weighted by molar-refractivity contribution is -0.143. The second-order valence-electron chi connectivity index (χ2n) is 7.16. The van der Waals surface area contributed by atoms with Gasteiger partial charge in [-0.1, -0.05) is 90.4 Å². The Morgan fingerprint density at radius 3 is 1.72 bits per heavy atom. The van der Waals surface area contributed by atoms with Gasteiger partial charge in [-0.15, -0.1) is 0 Å². The van der Waals surface area contributed by atoms with Gasteiger partial charge in [-0.2, -0.15) is 0 Å². The van der Waals surface area contributed by atoms with E-state index in [2.05, 4.69) is 6.92 Å². The van der Waals surface area contributed by atoms with E-state index in [9.17, 15) is 9.59 Å². The van der Waals surface area contributed by atoms with Crippen molar-refractivity contribution in [2.75, 3.05) is 6.61 Å². The van der Waals surface area contributed by atoms with E-state index in [0.29, 0.717) is 19.3 Å². The summed E-state index contributed by atoms with van der Waals surface area (Å²) in [7, 11) is 0. The van der Waals surface area contributed by atoms with Gasteiger partial charge in [0.25, 0.3) is 0 Å². The molecule has 0 spiro atoms. The summed E-state index contributed by atoms with van der Waals surface area (Å²) in [6.07, 6.45) is 19.7. The van der Waals surface area contributed by atoms with Crippen LogP contribution in [0.3, 0.4) is 0 Å². The summed E-state index contributed by atoms with van der Waals surface area (Å²) in [6.45, 7) is 2.76. The first kappa shape index (κ1) is 24.1. The Hall–Kier alpha value is -0.900. The van der Waals surface area contributed by atoms with Crippen molar-refractivity contribution in [1.29, 1.82) is 0 Å². The molecule has 0 aromatic carbocycles. The van der Waals surface area contributed by atoms with Gasteiger partial charge in [-0.25, -0.2) is 0 Å². The van der Waals surface area contributed by atoms with E-state index in [-0.39, 0.29) is 12.4 Å². The van der Waals surface area contributed by atoms with Crippen molar-refractivity contribution in [3.05, 3.63) is 0 Å². The van der Waals surface area contributed by atoms with Crippen LogP contribution in [-0.2, 0) is 14.3 Å². The van der Waals surface area contributed by atoms with Crippen LogP contribution in [0.2, 0.25) is 0 Å². The van der Waals surface area contributed by atoms with Crippen molar-refractivity contribution >= 4 is 12.3 Å². The third-order valence-electron chi connectivity index (χ3n) is 4.62. The normalized spacial score (nSPS) is 12.1. The predicted molar refractivity (Wildman–Crippen MR) is 105 cm³/mol. The molecule has 0 amide bonds. The van der Waals surface area contributed by atoms with E-state index >= 15 is 0 Å². The number of rotatable bonds is 19. The Balaban J connectivity index is 3.14. The van der Waals surface area contributed by atoms with Crippen LogP contribution in [0.25, 0.3) is 0 Å². The van der Waals surface area contributed by atoms with Crippen molar-refractivity contribution in [2.24, 2.45) is 5.73 Å². The highest BCUT2D eigenvalue weighted by Crippen LogP contribution is 2.13. The molecule has 0 saturated heterocycles. The number of hydrogen-bond acceptors (Lipinski definition) is 4. The number of hydrogen-bond donors (Lipinski definition) is 1. The highest BCUT2D eigenvalue weighted by molar-refractivity contribution is 5.70. The lowest BCUT2D eigenvalue weighted by Gasteiger charge is -2.06. The largest absolute Gasteiger partial charge is 0.466 e. The van der Waals surface area contributed by atoms with E-state index in [4.69, 9.17) is 10.5 Å². The monoisotopic (exact) mass is 355 g/mol. The molecule has 4 heteroatoms. The van der Waals surface area contributed by atoms with Crippen LogP contribution in [0.5, 0.6) is 0 Å². The lowest BCUT2D eigenvalue weighted by Crippen LogP contribution is -2.22. The zero-order chi connectivity index (χ0) is 18.6. The fraction of sp³-hybridized carbons (Fsp3) is 0.905. The number of carbonyl (C=O) groups excluding carboxylic acids is 2. The van der Waals surface area contributed by atoms with Crippen LogP contribution in [-0.4, -0.2) is 24.9 Å². The molecule has 2 N–H and O–H groups in total. The summed E-state index contributed by atoms with van der Waals surface area (Å²) in [5.41, 5.74) is 5.43. The highest BCUT2D eigenvalue weighted by Gasteiger charge is 2.06. The number of unbranched alkanes of at least 4 members (excludes halogenated alkanes) is 13. The zero-order valence-corrected chi connectivity index (χ0v) is 16.5. The van der Waals surface area contributed by atoms with Gasteiger partial charge in [0, 0.05) is 6.42 Å². The average molecular weight is 356 g/mol. The summed E-state index contributed by atoms with van der Waals surface area (Å²) in [4.78, 5) is 21.8. The van der Waals surface area contributed by atoms with Gasteiger partial charge in [0.15, 0.2) is 0 Å². The van der Waals surface area contributed by atoms with Gasteiger partial charge in [-0.05, 0) is 12.8 Å². The molecule has 1 unspecified atom stereocenters. The Bertz CT molecular complexity index is 308. The second kappa shape index (κ2) is 19.4. The molecule has 25 heavy (non-hydrogen) atoms. The molecule has 0 aliphatic rings. The zero-order valence-electron chi connectivity index (χ0n) is 16.5. The summed E-state index contributed by atoms with van der Waals surface area (Å²) in [6, 6.07) is -0.548. The van der Waals surface area contributed by atoms with Crippen molar-refractivity contribution in [3.8, 4) is 0 Å². The summed E-state index contributed by atoms with van der Waals surface area (Å²) in [5, 5.41) is 0.